The van der Waals surface area contributed by atoms with Crippen LogP contribution in [0.2, 0.25) is 5.02 Å². The van der Waals surface area contributed by atoms with Crippen molar-refractivity contribution in [1.82, 2.24) is 4.98 Å². The zero-order valence-electron chi connectivity index (χ0n) is 10.2. The van der Waals surface area contributed by atoms with Crippen LogP contribution in [-0.4, -0.2) is 23.2 Å². The van der Waals surface area contributed by atoms with Crippen molar-refractivity contribution >= 4 is 17.4 Å². The minimum atomic E-state index is -0.00989. The number of aromatic nitrogens is 1. The summed E-state index contributed by atoms with van der Waals surface area (Å²) < 4.78 is 0. The molecule has 0 aliphatic carbocycles. The summed E-state index contributed by atoms with van der Waals surface area (Å²) in [5, 5.41) is 9.68. The summed E-state index contributed by atoms with van der Waals surface area (Å²) >= 11 is 6.22. The zero-order chi connectivity index (χ0) is 12.3. The van der Waals surface area contributed by atoms with Gasteiger partial charge in [0.25, 0.3) is 0 Å². The van der Waals surface area contributed by atoms with E-state index in [9.17, 15) is 0 Å². The molecule has 1 saturated heterocycles. The predicted molar refractivity (Wildman–Crippen MR) is 70.4 cm³/mol. The minimum absolute atomic E-state index is 0.00989. The maximum Gasteiger partial charge on any atom is 0.147 e. The Morgan fingerprint density at radius 1 is 1.47 bits per heavy atom. The highest BCUT2D eigenvalue weighted by Gasteiger charge is 2.17. The molecule has 1 fully saturated rings. The van der Waals surface area contributed by atoms with Crippen LogP contribution in [-0.2, 0) is 6.61 Å². The van der Waals surface area contributed by atoms with Gasteiger partial charge in [0.2, 0.25) is 0 Å². The Morgan fingerprint density at radius 3 is 3.00 bits per heavy atom. The molecule has 17 heavy (non-hydrogen) atoms. The number of nitrogens with zero attached hydrogens (tertiary/aromatic N) is 2. The fourth-order valence-corrected chi connectivity index (χ4v) is 2.57. The van der Waals surface area contributed by atoms with E-state index in [0.29, 0.717) is 5.02 Å². The van der Waals surface area contributed by atoms with Crippen molar-refractivity contribution in [3.8, 4) is 0 Å². The molecule has 4 heteroatoms. The van der Waals surface area contributed by atoms with E-state index in [1.165, 1.54) is 19.3 Å². The largest absolute Gasteiger partial charge is 0.392 e. The molecule has 94 valence electrons. The maximum absolute atomic E-state index is 9.03. The van der Waals surface area contributed by atoms with E-state index in [1.807, 2.05) is 0 Å². The smallest absolute Gasteiger partial charge is 0.147 e. The fourth-order valence-electron chi connectivity index (χ4n) is 2.26. The molecule has 2 heterocycles. The van der Waals surface area contributed by atoms with Gasteiger partial charge in [0, 0.05) is 19.3 Å². The van der Waals surface area contributed by atoms with Crippen LogP contribution in [0.4, 0.5) is 5.82 Å². The summed E-state index contributed by atoms with van der Waals surface area (Å²) in [6.45, 7) is 4.33. The number of aliphatic hydroxyl groups is 1. The SMILES string of the molecule is CC1CCCN(c2ncc(CO)cc2Cl)CC1. The predicted octanol–water partition coefficient (Wildman–Crippen LogP) is 2.85. The Labute approximate surface area is 107 Å². The summed E-state index contributed by atoms with van der Waals surface area (Å²) in [5.74, 6) is 1.65. The average molecular weight is 255 g/mol. The van der Waals surface area contributed by atoms with E-state index in [0.717, 1.165) is 30.4 Å². The quantitative estimate of drug-likeness (QED) is 0.882. The van der Waals surface area contributed by atoms with Gasteiger partial charge in [-0.2, -0.15) is 0 Å². The average Bonchev–Trinajstić information content (AvgIpc) is 2.54. The minimum Gasteiger partial charge on any atom is -0.392 e. The van der Waals surface area contributed by atoms with Crippen molar-refractivity contribution in [3.05, 3.63) is 22.8 Å². The van der Waals surface area contributed by atoms with Gasteiger partial charge in [-0.3, -0.25) is 0 Å². The van der Waals surface area contributed by atoms with E-state index in [1.54, 1.807) is 12.3 Å². The molecule has 1 aromatic heterocycles. The number of pyridine rings is 1. The number of hydrogen-bond donors (Lipinski definition) is 1. The molecule has 0 bridgehead atoms. The third-order valence-corrected chi connectivity index (χ3v) is 3.66. The highest BCUT2D eigenvalue weighted by molar-refractivity contribution is 6.33. The van der Waals surface area contributed by atoms with E-state index >= 15 is 0 Å². The Balaban J connectivity index is 2.15. The summed E-state index contributed by atoms with van der Waals surface area (Å²) in [6.07, 6.45) is 5.37. The molecule has 0 spiro atoms. The Morgan fingerprint density at radius 2 is 2.29 bits per heavy atom. The first kappa shape index (κ1) is 12.7. The van der Waals surface area contributed by atoms with Crippen molar-refractivity contribution in [3.63, 3.8) is 0 Å². The van der Waals surface area contributed by atoms with Crippen molar-refractivity contribution < 1.29 is 5.11 Å². The van der Waals surface area contributed by atoms with E-state index in [-0.39, 0.29) is 6.61 Å². The third-order valence-electron chi connectivity index (χ3n) is 3.38. The first-order chi connectivity index (χ1) is 8.20. The molecule has 1 N–H and O–H groups in total. The second-order valence-corrected chi connectivity index (χ2v) is 5.24. The molecule has 3 nitrogen and oxygen atoms in total. The van der Waals surface area contributed by atoms with E-state index in [2.05, 4.69) is 16.8 Å². The molecule has 1 aliphatic heterocycles. The van der Waals surface area contributed by atoms with E-state index in [4.69, 9.17) is 16.7 Å². The monoisotopic (exact) mass is 254 g/mol. The van der Waals surface area contributed by atoms with Crippen LogP contribution in [0.1, 0.15) is 31.7 Å². The van der Waals surface area contributed by atoms with Crippen LogP contribution >= 0.6 is 11.6 Å². The lowest BCUT2D eigenvalue weighted by molar-refractivity contribution is 0.281. The van der Waals surface area contributed by atoms with Gasteiger partial charge in [-0.25, -0.2) is 4.98 Å². The lowest BCUT2D eigenvalue weighted by Gasteiger charge is -2.22. The highest BCUT2D eigenvalue weighted by atomic mass is 35.5. The third kappa shape index (κ3) is 3.11. The first-order valence-electron chi connectivity index (χ1n) is 6.21. The van der Waals surface area contributed by atoms with E-state index < -0.39 is 0 Å². The Kier molecular flexibility index (Phi) is 4.24. The summed E-state index contributed by atoms with van der Waals surface area (Å²) in [5.41, 5.74) is 0.766. The second kappa shape index (κ2) is 5.69. The van der Waals surface area contributed by atoms with Gasteiger partial charge in [0.15, 0.2) is 0 Å². The van der Waals surface area contributed by atoms with Gasteiger partial charge in [-0.1, -0.05) is 18.5 Å². The van der Waals surface area contributed by atoms with Gasteiger partial charge >= 0.3 is 0 Å². The molecule has 0 amide bonds. The van der Waals surface area contributed by atoms with Crippen LogP contribution in [0.25, 0.3) is 0 Å². The fraction of sp³-hybridized carbons (Fsp3) is 0.615. The molecule has 1 aliphatic rings. The molecule has 1 atom stereocenters. The maximum atomic E-state index is 9.03. The van der Waals surface area contributed by atoms with Crippen molar-refractivity contribution in [2.75, 3.05) is 18.0 Å². The van der Waals surface area contributed by atoms with Gasteiger partial charge < -0.3 is 10.0 Å². The van der Waals surface area contributed by atoms with Crippen LogP contribution in [0.3, 0.4) is 0 Å². The van der Waals surface area contributed by atoms with Gasteiger partial charge in [0.1, 0.15) is 5.82 Å². The molecule has 0 saturated carbocycles. The lowest BCUT2D eigenvalue weighted by atomic mass is 10.0. The second-order valence-electron chi connectivity index (χ2n) is 4.83. The highest BCUT2D eigenvalue weighted by Crippen LogP contribution is 2.27. The standard InChI is InChI=1S/C13H19ClN2O/c1-10-3-2-5-16(6-4-10)13-12(14)7-11(9-17)8-15-13/h7-8,10,17H,2-6,9H2,1H3. The molecule has 0 radical (unpaired) electrons. The van der Waals surface area contributed by atoms with Crippen LogP contribution in [0.15, 0.2) is 12.3 Å². The topological polar surface area (TPSA) is 36.4 Å². The van der Waals surface area contributed by atoms with Crippen LogP contribution in [0.5, 0.6) is 0 Å². The first-order valence-corrected chi connectivity index (χ1v) is 6.58. The number of hydrogen-bond acceptors (Lipinski definition) is 3. The number of rotatable bonds is 2. The van der Waals surface area contributed by atoms with Gasteiger partial charge in [-0.05, 0) is 36.8 Å². The van der Waals surface area contributed by atoms with Crippen molar-refractivity contribution in [2.24, 2.45) is 5.92 Å². The summed E-state index contributed by atoms with van der Waals surface area (Å²) in [7, 11) is 0. The Hall–Kier alpha value is -0.800. The van der Waals surface area contributed by atoms with Gasteiger partial charge in [-0.15, -0.1) is 0 Å². The zero-order valence-corrected chi connectivity index (χ0v) is 11.0. The summed E-state index contributed by atoms with van der Waals surface area (Å²) in [4.78, 5) is 6.63. The number of anilines is 1. The molecule has 0 aromatic carbocycles. The van der Waals surface area contributed by atoms with Crippen molar-refractivity contribution in [2.45, 2.75) is 32.8 Å². The van der Waals surface area contributed by atoms with Crippen LogP contribution < -0.4 is 4.90 Å². The normalized spacial score (nSPS) is 21.4. The molecule has 1 aromatic rings. The Bertz CT molecular complexity index is 384. The molecular weight excluding hydrogens is 236 g/mol. The van der Waals surface area contributed by atoms with Crippen LogP contribution in [0, 0.1) is 5.92 Å². The molecule has 2 rings (SSSR count). The lowest BCUT2D eigenvalue weighted by Crippen LogP contribution is -2.25. The molecular formula is C13H19ClN2O. The van der Waals surface area contributed by atoms with Gasteiger partial charge in [0.05, 0.1) is 11.6 Å². The number of aliphatic hydroxyl groups excluding tert-OH is 1. The number of halogens is 1. The molecule has 1 unspecified atom stereocenters. The summed E-state index contributed by atoms with van der Waals surface area (Å²) in [6, 6.07) is 1.80. The van der Waals surface area contributed by atoms with Crippen molar-refractivity contribution in [1.29, 1.82) is 0 Å².